The average molecular weight is 415 g/mol. The standard InChI is InChI=1S/C19H17N3O4S2/c1-12-17(27-19(20-12)14-6-4-3-5-7-14)18(24)22-28(25,26)16-10-8-15(9-11-16)21-13(2)23/h3-11H,1-2H3,(H,21,23)(H,22,24). The smallest absolute Gasteiger partial charge is 0.277 e. The molecule has 7 nitrogen and oxygen atoms in total. The molecule has 2 N–H and O–H groups in total. The van der Waals surface area contributed by atoms with Crippen LogP contribution in [0.3, 0.4) is 0 Å². The second kappa shape index (κ2) is 7.91. The van der Waals surface area contributed by atoms with Gasteiger partial charge in [0, 0.05) is 18.2 Å². The van der Waals surface area contributed by atoms with E-state index >= 15 is 0 Å². The number of rotatable bonds is 5. The van der Waals surface area contributed by atoms with Crippen LogP contribution in [0.1, 0.15) is 22.3 Å². The molecule has 0 saturated heterocycles. The van der Waals surface area contributed by atoms with Crippen molar-refractivity contribution in [3.63, 3.8) is 0 Å². The molecule has 0 spiro atoms. The van der Waals surface area contributed by atoms with E-state index in [-0.39, 0.29) is 15.7 Å². The highest BCUT2D eigenvalue weighted by Crippen LogP contribution is 2.28. The van der Waals surface area contributed by atoms with Gasteiger partial charge in [0.1, 0.15) is 9.88 Å². The summed E-state index contributed by atoms with van der Waals surface area (Å²) in [6.07, 6.45) is 0. The summed E-state index contributed by atoms with van der Waals surface area (Å²) in [5.74, 6) is -0.998. The molecule has 0 fully saturated rings. The fraction of sp³-hybridized carbons (Fsp3) is 0.105. The van der Waals surface area contributed by atoms with E-state index in [0.29, 0.717) is 16.4 Å². The van der Waals surface area contributed by atoms with Crippen LogP contribution < -0.4 is 10.0 Å². The van der Waals surface area contributed by atoms with Crippen molar-refractivity contribution in [2.24, 2.45) is 0 Å². The fourth-order valence-electron chi connectivity index (χ4n) is 2.46. The summed E-state index contributed by atoms with van der Waals surface area (Å²) in [5.41, 5.74) is 1.77. The summed E-state index contributed by atoms with van der Waals surface area (Å²) in [6, 6.07) is 14.9. The maximum absolute atomic E-state index is 12.5. The highest BCUT2D eigenvalue weighted by Gasteiger charge is 2.23. The topological polar surface area (TPSA) is 105 Å². The van der Waals surface area contributed by atoms with Crippen LogP contribution in [0.15, 0.2) is 59.5 Å². The summed E-state index contributed by atoms with van der Waals surface area (Å²) >= 11 is 1.13. The molecule has 28 heavy (non-hydrogen) atoms. The first kappa shape index (κ1) is 19.7. The molecule has 0 radical (unpaired) electrons. The van der Waals surface area contributed by atoms with Gasteiger partial charge in [0.2, 0.25) is 5.91 Å². The number of aryl methyl sites for hydroxylation is 1. The van der Waals surface area contributed by atoms with E-state index < -0.39 is 15.9 Å². The van der Waals surface area contributed by atoms with Crippen molar-refractivity contribution in [1.29, 1.82) is 0 Å². The van der Waals surface area contributed by atoms with Crippen molar-refractivity contribution in [3.05, 3.63) is 65.2 Å². The van der Waals surface area contributed by atoms with Gasteiger partial charge in [0.15, 0.2) is 0 Å². The van der Waals surface area contributed by atoms with Gasteiger partial charge in [-0.15, -0.1) is 11.3 Å². The van der Waals surface area contributed by atoms with Gasteiger partial charge in [-0.3, -0.25) is 9.59 Å². The van der Waals surface area contributed by atoms with Crippen LogP contribution in [0.5, 0.6) is 0 Å². The van der Waals surface area contributed by atoms with Gasteiger partial charge in [-0.1, -0.05) is 30.3 Å². The van der Waals surface area contributed by atoms with Crippen LogP contribution in [0, 0.1) is 6.92 Å². The van der Waals surface area contributed by atoms with Gasteiger partial charge < -0.3 is 5.32 Å². The van der Waals surface area contributed by atoms with Crippen molar-refractivity contribution in [1.82, 2.24) is 9.71 Å². The number of benzene rings is 2. The second-order valence-electron chi connectivity index (χ2n) is 5.94. The first-order chi connectivity index (χ1) is 13.3. The van der Waals surface area contributed by atoms with Crippen molar-refractivity contribution in [2.75, 3.05) is 5.32 Å². The minimum Gasteiger partial charge on any atom is -0.326 e. The third-order valence-corrected chi connectivity index (χ3v) is 6.29. The zero-order valence-corrected chi connectivity index (χ0v) is 16.7. The highest BCUT2D eigenvalue weighted by atomic mass is 32.2. The first-order valence-electron chi connectivity index (χ1n) is 8.24. The molecule has 1 aromatic heterocycles. The first-order valence-corrected chi connectivity index (χ1v) is 10.5. The largest absolute Gasteiger partial charge is 0.326 e. The van der Waals surface area contributed by atoms with Crippen LogP contribution in [-0.4, -0.2) is 25.2 Å². The number of anilines is 1. The van der Waals surface area contributed by atoms with Crippen LogP contribution in [0.4, 0.5) is 5.69 Å². The van der Waals surface area contributed by atoms with Gasteiger partial charge in [0.05, 0.1) is 10.6 Å². The lowest BCUT2D eigenvalue weighted by Gasteiger charge is -2.07. The Balaban J connectivity index is 1.80. The van der Waals surface area contributed by atoms with E-state index in [0.717, 1.165) is 16.9 Å². The third kappa shape index (κ3) is 4.44. The minimum atomic E-state index is -4.06. The molecule has 3 aromatic rings. The Hall–Kier alpha value is -3.04. The maximum atomic E-state index is 12.5. The number of hydrogen-bond acceptors (Lipinski definition) is 6. The SMILES string of the molecule is CC(=O)Nc1ccc(S(=O)(=O)NC(=O)c2sc(-c3ccccc3)nc2C)cc1. The molecule has 0 aliphatic carbocycles. The summed E-state index contributed by atoms with van der Waals surface area (Å²) < 4.78 is 27.1. The normalized spacial score (nSPS) is 11.1. The Bertz CT molecular complexity index is 1120. The number of amides is 2. The van der Waals surface area contributed by atoms with Gasteiger partial charge in [-0.25, -0.2) is 18.1 Å². The molecule has 0 unspecified atom stereocenters. The maximum Gasteiger partial charge on any atom is 0.277 e. The van der Waals surface area contributed by atoms with Crippen molar-refractivity contribution in [3.8, 4) is 10.6 Å². The molecule has 9 heteroatoms. The molecule has 0 saturated carbocycles. The molecule has 144 valence electrons. The number of carbonyl (C=O) groups is 2. The molecule has 3 rings (SSSR count). The van der Waals surface area contributed by atoms with E-state index in [4.69, 9.17) is 0 Å². The van der Waals surface area contributed by atoms with E-state index in [1.807, 2.05) is 30.3 Å². The molecule has 2 amide bonds. The fourth-order valence-corrected chi connectivity index (χ4v) is 4.45. The number of nitrogens with one attached hydrogen (secondary N) is 2. The van der Waals surface area contributed by atoms with E-state index in [1.165, 1.54) is 31.2 Å². The molecule has 0 bridgehead atoms. The predicted octanol–water partition coefficient (Wildman–Crippen LogP) is 3.20. The van der Waals surface area contributed by atoms with E-state index in [2.05, 4.69) is 15.0 Å². The Morgan fingerprint density at radius 3 is 2.25 bits per heavy atom. The summed E-state index contributed by atoms with van der Waals surface area (Å²) in [4.78, 5) is 28.1. The number of aromatic nitrogens is 1. The van der Waals surface area contributed by atoms with Crippen molar-refractivity contribution < 1.29 is 18.0 Å². The van der Waals surface area contributed by atoms with Gasteiger partial charge >= 0.3 is 0 Å². The Labute approximate surface area is 166 Å². The number of sulfonamides is 1. The lowest BCUT2D eigenvalue weighted by molar-refractivity contribution is -0.114. The molecular formula is C19H17N3O4S2. The van der Waals surface area contributed by atoms with Gasteiger partial charge in [-0.2, -0.15) is 0 Å². The molecule has 0 aliphatic rings. The Morgan fingerprint density at radius 2 is 1.64 bits per heavy atom. The zero-order chi connectivity index (χ0) is 20.3. The summed E-state index contributed by atoms with van der Waals surface area (Å²) in [7, 11) is -4.06. The third-order valence-electron chi connectivity index (χ3n) is 3.74. The zero-order valence-electron chi connectivity index (χ0n) is 15.1. The monoisotopic (exact) mass is 415 g/mol. The van der Waals surface area contributed by atoms with Crippen molar-refractivity contribution >= 4 is 38.9 Å². The number of hydrogen-bond donors (Lipinski definition) is 2. The second-order valence-corrected chi connectivity index (χ2v) is 8.62. The average Bonchev–Trinajstić information content (AvgIpc) is 3.04. The molecule has 2 aromatic carbocycles. The Kier molecular flexibility index (Phi) is 5.57. The summed E-state index contributed by atoms with van der Waals surface area (Å²) in [5, 5.41) is 3.19. The predicted molar refractivity (Wildman–Crippen MR) is 108 cm³/mol. The van der Waals surface area contributed by atoms with Crippen LogP contribution in [0.2, 0.25) is 0 Å². The van der Waals surface area contributed by atoms with Crippen LogP contribution >= 0.6 is 11.3 Å². The van der Waals surface area contributed by atoms with Crippen molar-refractivity contribution in [2.45, 2.75) is 18.7 Å². The van der Waals surface area contributed by atoms with E-state index in [1.54, 1.807) is 6.92 Å². The lowest BCUT2D eigenvalue weighted by atomic mass is 10.2. The number of carbonyl (C=O) groups excluding carboxylic acids is 2. The molecule has 0 atom stereocenters. The lowest BCUT2D eigenvalue weighted by Crippen LogP contribution is -2.30. The Morgan fingerprint density at radius 1 is 1.00 bits per heavy atom. The quantitative estimate of drug-likeness (QED) is 0.666. The highest BCUT2D eigenvalue weighted by molar-refractivity contribution is 7.90. The van der Waals surface area contributed by atoms with Gasteiger partial charge in [-0.05, 0) is 31.2 Å². The minimum absolute atomic E-state index is 0.0830. The van der Waals surface area contributed by atoms with Gasteiger partial charge in [0.25, 0.3) is 15.9 Å². The van der Waals surface area contributed by atoms with E-state index in [9.17, 15) is 18.0 Å². The molecule has 0 aliphatic heterocycles. The molecule has 1 heterocycles. The van der Waals surface area contributed by atoms with Crippen LogP contribution in [0.25, 0.3) is 10.6 Å². The van der Waals surface area contributed by atoms with Crippen LogP contribution in [-0.2, 0) is 14.8 Å². The number of nitrogens with zero attached hydrogens (tertiary/aromatic N) is 1. The molecular weight excluding hydrogens is 398 g/mol. The number of thiazole rings is 1. The summed E-state index contributed by atoms with van der Waals surface area (Å²) in [6.45, 7) is 3.01.